The Hall–Kier alpha value is -4.21. The highest BCUT2D eigenvalue weighted by atomic mass is 16.5. The largest absolute Gasteiger partial charge is 0.465 e. The zero-order valence-corrected chi connectivity index (χ0v) is 23.5. The predicted molar refractivity (Wildman–Crippen MR) is 147 cm³/mol. The lowest BCUT2D eigenvalue weighted by Gasteiger charge is -2.34. The van der Waals surface area contributed by atoms with Gasteiger partial charge in [0.25, 0.3) is 0 Å². The molecule has 1 aromatic heterocycles. The fourth-order valence-corrected chi connectivity index (χ4v) is 5.22. The molecule has 40 heavy (non-hydrogen) atoms. The van der Waals surface area contributed by atoms with Gasteiger partial charge in [-0.15, -0.1) is 0 Å². The van der Waals surface area contributed by atoms with Crippen molar-refractivity contribution in [3.63, 3.8) is 0 Å². The molecule has 2 N–H and O–H groups in total. The molecule has 3 amide bonds. The van der Waals surface area contributed by atoms with Crippen molar-refractivity contribution in [1.82, 2.24) is 25.7 Å². The molecular formula is C30H35N5O5. The first-order chi connectivity index (χ1) is 19.0. The first kappa shape index (κ1) is 27.4. The summed E-state index contributed by atoms with van der Waals surface area (Å²) in [6.45, 7) is 8.94. The van der Waals surface area contributed by atoms with Crippen LogP contribution in [0.3, 0.4) is 0 Å². The maximum Gasteiger partial charge on any atom is 0.337 e. The second-order valence-corrected chi connectivity index (χ2v) is 11.5. The molecule has 1 aliphatic heterocycles. The number of carbonyl (C=O) groups excluding carboxylic acids is 3. The van der Waals surface area contributed by atoms with E-state index >= 15 is 0 Å². The third kappa shape index (κ3) is 5.85. The van der Waals surface area contributed by atoms with Crippen molar-refractivity contribution in [2.24, 2.45) is 5.92 Å². The lowest BCUT2D eigenvalue weighted by atomic mass is 9.87. The molecule has 0 radical (unpaired) electrons. The number of aryl methyl sites for hydroxylation is 1. The number of aromatic nitrogens is 2. The monoisotopic (exact) mass is 545 g/mol. The molecule has 5 rings (SSSR count). The molecule has 1 saturated carbocycles. The SMILES string of the molecule is COC(=O)c1cccc(-c2ccc(CNC(=O)[C@H]3C[C@H]3c3nc(C)no3)c3c2CCN(C(=O)NC(C)(C)C)C3)c1. The molecule has 0 spiro atoms. The third-order valence-electron chi connectivity index (χ3n) is 7.31. The number of rotatable bonds is 6. The predicted octanol–water partition coefficient (Wildman–Crippen LogP) is 4.12. The minimum absolute atomic E-state index is 0.0452. The van der Waals surface area contributed by atoms with Crippen LogP contribution in [0.1, 0.15) is 71.9 Å². The van der Waals surface area contributed by atoms with Gasteiger partial charge in [-0.05, 0) is 80.5 Å². The molecule has 2 atom stereocenters. The van der Waals surface area contributed by atoms with Crippen molar-refractivity contribution in [2.45, 2.75) is 65.1 Å². The van der Waals surface area contributed by atoms with E-state index in [4.69, 9.17) is 9.26 Å². The van der Waals surface area contributed by atoms with Crippen LogP contribution < -0.4 is 10.6 Å². The van der Waals surface area contributed by atoms with E-state index in [9.17, 15) is 14.4 Å². The van der Waals surface area contributed by atoms with Crippen LogP contribution in [0.2, 0.25) is 0 Å². The Morgan fingerprint density at radius 1 is 1.15 bits per heavy atom. The van der Waals surface area contributed by atoms with Crippen molar-refractivity contribution >= 4 is 17.9 Å². The van der Waals surface area contributed by atoms with Gasteiger partial charge in [-0.1, -0.05) is 29.4 Å². The summed E-state index contributed by atoms with van der Waals surface area (Å²) in [5, 5.41) is 9.96. The van der Waals surface area contributed by atoms with Gasteiger partial charge in [0.1, 0.15) is 0 Å². The van der Waals surface area contributed by atoms with Gasteiger partial charge in [-0.3, -0.25) is 4.79 Å². The number of esters is 1. The van der Waals surface area contributed by atoms with Gasteiger partial charge in [0, 0.05) is 25.2 Å². The second kappa shape index (κ2) is 10.7. The van der Waals surface area contributed by atoms with Crippen LogP contribution in [0.25, 0.3) is 11.1 Å². The van der Waals surface area contributed by atoms with Crippen molar-refractivity contribution in [3.8, 4) is 11.1 Å². The molecule has 0 bridgehead atoms. The maximum atomic E-state index is 13.1. The number of benzene rings is 2. The summed E-state index contributed by atoms with van der Waals surface area (Å²) in [6, 6.07) is 11.3. The van der Waals surface area contributed by atoms with E-state index in [-0.39, 0.29) is 29.3 Å². The molecule has 10 nitrogen and oxygen atoms in total. The molecule has 210 valence electrons. The van der Waals surface area contributed by atoms with Gasteiger partial charge in [-0.25, -0.2) is 9.59 Å². The van der Waals surface area contributed by atoms with Gasteiger partial charge in [0.2, 0.25) is 11.8 Å². The van der Waals surface area contributed by atoms with Crippen LogP contribution in [0, 0.1) is 12.8 Å². The zero-order chi connectivity index (χ0) is 28.6. The van der Waals surface area contributed by atoms with Gasteiger partial charge in [-0.2, -0.15) is 4.98 Å². The lowest BCUT2D eigenvalue weighted by Crippen LogP contribution is -2.50. The lowest BCUT2D eigenvalue weighted by molar-refractivity contribution is -0.122. The van der Waals surface area contributed by atoms with Gasteiger partial charge in [0.05, 0.1) is 24.5 Å². The number of amides is 3. The van der Waals surface area contributed by atoms with Crippen LogP contribution in [0.5, 0.6) is 0 Å². The van der Waals surface area contributed by atoms with E-state index in [1.165, 1.54) is 7.11 Å². The highest BCUT2D eigenvalue weighted by Gasteiger charge is 2.47. The van der Waals surface area contributed by atoms with Crippen LogP contribution in [-0.4, -0.2) is 52.1 Å². The number of ether oxygens (including phenoxy) is 1. The summed E-state index contributed by atoms with van der Waals surface area (Å²) in [5.74, 6) is 0.386. The van der Waals surface area contributed by atoms with Gasteiger partial charge >= 0.3 is 12.0 Å². The molecule has 2 heterocycles. The van der Waals surface area contributed by atoms with Gasteiger partial charge < -0.3 is 24.8 Å². The fraction of sp³-hybridized carbons (Fsp3) is 0.433. The highest BCUT2D eigenvalue weighted by molar-refractivity contribution is 5.91. The molecule has 2 aliphatic rings. The second-order valence-electron chi connectivity index (χ2n) is 11.5. The minimum atomic E-state index is -0.394. The number of hydrogen-bond donors (Lipinski definition) is 2. The molecule has 0 unspecified atom stereocenters. The van der Waals surface area contributed by atoms with Crippen LogP contribution in [0.4, 0.5) is 4.79 Å². The van der Waals surface area contributed by atoms with Crippen LogP contribution in [-0.2, 0) is 29.0 Å². The first-order valence-electron chi connectivity index (χ1n) is 13.5. The van der Waals surface area contributed by atoms with Crippen LogP contribution >= 0.6 is 0 Å². The Labute approximate surface area is 233 Å². The van der Waals surface area contributed by atoms with E-state index in [2.05, 4.69) is 20.8 Å². The standard InChI is InChI=1S/C30H35N5O5/c1-17-32-27(40-34-17)24-14-23(24)26(36)31-15-20-9-10-21(18-7-6-8-19(13-18)28(37)39-5)22-11-12-35(16-25(20)22)29(38)33-30(2,3)4/h6-10,13,23-24H,11-12,14-16H2,1-5H3,(H,31,36)(H,33,38)/t23-,24+/m0/s1. The summed E-state index contributed by atoms with van der Waals surface area (Å²) >= 11 is 0. The number of nitrogens with zero attached hydrogens (tertiary/aromatic N) is 3. The summed E-state index contributed by atoms with van der Waals surface area (Å²) in [6.07, 6.45) is 1.33. The van der Waals surface area contributed by atoms with E-state index in [1.54, 1.807) is 13.0 Å². The normalized spacial score (nSPS) is 18.1. The molecule has 1 aliphatic carbocycles. The van der Waals surface area contributed by atoms with E-state index in [0.29, 0.717) is 49.8 Å². The van der Waals surface area contributed by atoms with E-state index < -0.39 is 5.97 Å². The fourth-order valence-electron chi connectivity index (χ4n) is 5.22. The van der Waals surface area contributed by atoms with Crippen molar-refractivity contribution in [3.05, 3.63) is 70.4 Å². The van der Waals surface area contributed by atoms with Crippen molar-refractivity contribution in [1.29, 1.82) is 0 Å². The average Bonchev–Trinajstić information content (AvgIpc) is 3.62. The number of fused-ring (bicyclic) bond motifs is 1. The van der Waals surface area contributed by atoms with Gasteiger partial charge in [0.15, 0.2) is 5.82 Å². The minimum Gasteiger partial charge on any atom is -0.465 e. The number of methoxy groups -OCH3 is 1. The molecule has 10 heteroatoms. The highest BCUT2D eigenvalue weighted by Crippen LogP contribution is 2.46. The number of urea groups is 1. The summed E-state index contributed by atoms with van der Waals surface area (Å²) in [5.41, 5.74) is 5.09. The molecular weight excluding hydrogens is 510 g/mol. The Morgan fingerprint density at radius 3 is 2.65 bits per heavy atom. The first-order valence-corrected chi connectivity index (χ1v) is 13.5. The molecule has 3 aromatic rings. The third-order valence-corrected chi connectivity index (χ3v) is 7.31. The van der Waals surface area contributed by atoms with Crippen molar-refractivity contribution in [2.75, 3.05) is 13.7 Å². The Kier molecular flexibility index (Phi) is 7.35. The Bertz CT molecular complexity index is 1460. The van der Waals surface area contributed by atoms with Crippen molar-refractivity contribution < 1.29 is 23.6 Å². The molecule has 2 aromatic carbocycles. The smallest absolute Gasteiger partial charge is 0.337 e. The Morgan fingerprint density at radius 2 is 1.95 bits per heavy atom. The number of carbonyl (C=O) groups is 3. The molecule has 1 fully saturated rings. The maximum absolute atomic E-state index is 13.1. The topological polar surface area (TPSA) is 127 Å². The summed E-state index contributed by atoms with van der Waals surface area (Å²) < 4.78 is 10.2. The Balaban J connectivity index is 1.40. The van der Waals surface area contributed by atoms with E-state index in [1.807, 2.05) is 56.0 Å². The quantitative estimate of drug-likeness (QED) is 0.446. The van der Waals surface area contributed by atoms with Crippen LogP contribution in [0.15, 0.2) is 40.9 Å². The zero-order valence-electron chi connectivity index (χ0n) is 23.5. The average molecular weight is 546 g/mol. The summed E-state index contributed by atoms with van der Waals surface area (Å²) in [7, 11) is 1.37. The number of nitrogens with one attached hydrogen (secondary N) is 2. The number of hydrogen-bond acceptors (Lipinski definition) is 7. The summed E-state index contributed by atoms with van der Waals surface area (Å²) in [4.78, 5) is 44.3. The van der Waals surface area contributed by atoms with E-state index in [0.717, 1.165) is 27.8 Å². The molecule has 0 saturated heterocycles.